The molecule has 19 heavy (non-hydrogen) atoms. The van der Waals surface area contributed by atoms with Gasteiger partial charge in [0.05, 0.1) is 12.1 Å². The predicted molar refractivity (Wildman–Crippen MR) is 81.6 cm³/mol. The van der Waals surface area contributed by atoms with Gasteiger partial charge in [-0.15, -0.1) is 12.4 Å². The molecule has 0 bridgehead atoms. The Labute approximate surface area is 120 Å². The van der Waals surface area contributed by atoms with Gasteiger partial charge in [-0.05, 0) is 11.1 Å². The maximum Gasteiger partial charge on any atom is 0.0518 e. The van der Waals surface area contributed by atoms with Crippen LogP contribution >= 0.6 is 12.4 Å². The Bertz CT molecular complexity index is 439. The van der Waals surface area contributed by atoms with Gasteiger partial charge in [-0.3, -0.25) is 0 Å². The molecule has 1 heterocycles. The lowest BCUT2D eigenvalue weighted by molar-refractivity contribution is 0.333. The zero-order valence-corrected chi connectivity index (χ0v) is 11.6. The van der Waals surface area contributed by atoms with Gasteiger partial charge in [-0.25, -0.2) is 0 Å². The molecule has 0 amide bonds. The van der Waals surface area contributed by atoms with Crippen LogP contribution in [0.1, 0.15) is 23.2 Å². The molecule has 1 fully saturated rings. The second-order valence-corrected chi connectivity index (χ2v) is 4.68. The molecule has 3 rings (SSSR count). The summed E-state index contributed by atoms with van der Waals surface area (Å²) in [6, 6.07) is 22.0. The van der Waals surface area contributed by atoms with E-state index < -0.39 is 0 Å². The van der Waals surface area contributed by atoms with Crippen molar-refractivity contribution in [3.8, 4) is 0 Å². The van der Waals surface area contributed by atoms with Crippen molar-refractivity contribution in [1.82, 2.24) is 10.6 Å². The van der Waals surface area contributed by atoms with E-state index in [4.69, 9.17) is 0 Å². The van der Waals surface area contributed by atoms with Crippen molar-refractivity contribution >= 4 is 12.4 Å². The Morgan fingerprint density at radius 2 is 1.00 bits per heavy atom. The second kappa shape index (κ2) is 6.71. The predicted octanol–water partition coefficient (Wildman–Crippen LogP) is 3.08. The van der Waals surface area contributed by atoms with Crippen molar-refractivity contribution < 1.29 is 0 Å². The van der Waals surface area contributed by atoms with E-state index in [1.165, 1.54) is 11.1 Å². The third-order valence-corrected chi connectivity index (χ3v) is 3.50. The van der Waals surface area contributed by atoms with Crippen LogP contribution in [0.15, 0.2) is 60.7 Å². The minimum Gasteiger partial charge on any atom is -0.307 e. The number of rotatable bonds is 2. The number of piperazine rings is 1. The Morgan fingerprint density at radius 3 is 1.37 bits per heavy atom. The first kappa shape index (κ1) is 14.1. The molecule has 2 unspecified atom stereocenters. The maximum absolute atomic E-state index is 3.62. The highest BCUT2D eigenvalue weighted by atomic mass is 35.5. The third-order valence-electron chi connectivity index (χ3n) is 3.50. The number of benzene rings is 2. The molecule has 2 nitrogen and oxygen atoms in total. The van der Waals surface area contributed by atoms with E-state index in [0.717, 1.165) is 13.1 Å². The minimum atomic E-state index is 0. The van der Waals surface area contributed by atoms with Crippen LogP contribution in [0.3, 0.4) is 0 Å². The molecular weight excluding hydrogens is 256 g/mol. The van der Waals surface area contributed by atoms with Gasteiger partial charge in [0.25, 0.3) is 0 Å². The number of hydrogen-bond acceptors (Lipinski definition) is 2. The summed E-state index contributed by atoms with van der Waals surface area (Å²) < 4.78 is 0. The van der Waals surface area contributed by atoms with Crippen molar-refractivity contribution in [2.45, 2.75) is 12.1 Å². The van der Waals surface area contributed by atoms with E-state index in [9.17, 15) is 0 Å². The van der Waals surface area contributed by atoms with Crippen molar-refractivity contribution in [3.63, 3.8) is 0 Å². The van der Waals surface area contributed by atoms with E-state index in [1.807, 2.05) is 0 Å². The highest BCUT2D eigenvalue weighted by molar-refractivity contribution is 5.85. The first-order valence-electron chi connectivity index (χ1n) is 6.52. The SMILES string of the molecule is Cl.c1ccc(C2NCCNC2c2ccccc2)cc1. The first-order valence-corrected chi connectivity index (χ1v) is 6.52. The van der Waals surface area contributed by atoms with Gasteiger partial charge in [0.2, 0.25) is 0 Å². The van der Waals surface area contributed by atoms with Crippen LogP contribution in [0.4, 0.5) is 0 Å². The molecule has 0 radical (unpaired) electrons. The van der Waals surface area contributed by atoms with E-state index in [-0.39, 0.29) is 12.4 Å². The van der Waals surface area contributed by atoms with Gasteiger partial charge in [0.15, 0.2) is 0 Å². The average molecular weight is 275 g/mol. The molecule has 1 aliphatic heterocycles. The van der Waals surface area contributed by atoms with Crippen molar-refractivity contribution in [3.05, 3.63) is 71.8 Å². The second-order valence-electron chi connectivity index (χ2n) is 4.68. The molecular formula is C16H19ClN2. The molecule has 0 aromatic heterocycles. The van der Waals surface area contributed by atoms with Crippen LogP contribution in [-0.4, -0.2) is 13.1 Å². The number of halogens is 1. The summed E-state index contributed by atoms with van der Waals surface area (Å²) in [7, 11) is 0. The Kier molecular flexibility index (Phi) is 4.97. The molecule has 100 valence electrons. The summed E-state index contributed by atoms with van der Waals surface area (Å²) in [4.78, 5) is 0. The summed E-state index contributed by atoms with van der Waals surface area (Å²) in [6.45, 7) is 2.03. The molecule has 2 aromatic rings. The number of hydrogen-bond donors (Lipinski definition) is 2. The standard InChI is InChI=1S/C16H18N2.ClH/c1-3-7-13(8-4-1)15-16(18-12-11-17-15)14-9-5-2-6-10-14;/h1-10,15-18H,11-12H2;1H. The van der Waals surface area contributed by atoms with Crippen LogP contribution in [-0.2, 0) is 0 Å². The molecule has 1 aliphatic rings. The smallest absolute Gasteiger partial charge is 0.0518 e. The Morgan fingerprint density at radius 1 is 0.632 bits per heavy atom. The van der Waals surface area contributed by atoms with Gasteiger partial charge in [-0.2, -0.15) is 0 Å². The zero-order valence-electron chi connectivity index (χ0n) is 10.8. The maximum atomic E-state index is 3.62. The van der Waals surface area contributed by atoms with Gasteiger partial charge in [-0.1, -0.05) is 60.7 Å². The third kappa shape index (κ3) is 3.16. The zero-order chi connectivity index (χ0) is 12.2. The van der Waals surface area contributed by atoms with Crippen LogP contribution in [0.2, 0.25) is 0 Å². The van der Waals surface area contributed by atoms with Crippen LogP contribution in [0.5, 0.6) is 0 Å². The molecule has 0 aliphatic carbocycles. The topological polar surface area (TPSA) is 24.1 Å². The quantitative estimate of drug-likeness (QED) is 0.879. The molecule has 3 heteroatoms. The molecule has 0 spiro atoms. The monoisotopic (exact) mass is 274 g/mol. The lowest BCUT2D eigenvalue weighted by atomic mass is 9.92. The summed E-state index contributed by atoms with van der Waals surface area (Å²) in [5.41, 5.74) is 2.69. The summed E-state index contributed by atoms with van der Waals surface area (Å²) in [6.07, 6.45) is 0. The number of nitrogens with one attached hydrogen (secondary N) is 2. The first-order chi connectivity index (χ1) is 8.95. The van der Waals surface area contributed by atoms with E-state index in [2.05, 4.69) is 71.3 Å². The molecule has 0 saturated carbocycles. The lowest BCUT2D eigenvalue weighted by Gasteiger charge is -2.34. The highest BCUT2D eigenvalue weighted by Gasteiger charge is 2.26. The van der Waals surface area contributed by atoms with Gasteiger partial charge >= 0.3 is 0 Å². The van der Waals surface area contributed by atoms with Crippen molar-refractivity contribution in [2.24, 2.45) is 0 Å². The summed E-state index contributed by atoms with van der Waals surface area (Å²) >= 11 is 0. The minimum absolute atomic E-state index is 0. The van der Waals surface area contributed by atoms with E-state index >= 15 is 0 Å². The Balaban J connectivity index is 0.00000133. The normalized spacial score (nSPS) is 22.5. The lowest BCUT2D eigenvalue weighted by Crippen LogP contribution is -2.45. The van der Waals surface area contributed by atoms with Crippen LogP contribution in [0.25, 0.3) is 0 Å². The fourth-order valence-electron chi connectivity index (χ4n) is 2.63. The Hall–Kier alpha value is -1.35. The fourth-order valence-corrected chi connectivity index (χ4v) is 2.63. The fraction of sp³-hybridized carbons (Fsp3) is 0.250. The van der Waals surface area contributed by atoms with Gasteiger partial charge < -0.3 is 10.6 Å². The summed E-state index contributed by atoms with van der Waals surface area (Å²) in [5, 5.41) is 7.24. The van der Waals surface area contributed by atoms with Crippen molar-refractivity contribution in [1.29, 1.82) is 0 Å². The largest absolute Gasteiger partial charge is 0.307 e. The van der Waals surface area contributed by atoms with Gasteiger partial charge in [0, 0.05) is 13.1 Å². The van der Waals surface area contributed by atoms with Crippen molar-refractivity contribution in [2.75, 3.05) is 13.1 Å². The molecule has 1 saturated heterocycles. The average Bonchev–Trinajstić information content (AvgIpc) is 2.49. The molecule has 2 atom stereocenters. The summed E-state index contributed by atoms with van der Waals surface area (Å²) in [5.74, 6) is 0. The highest BCUT2D eigenvalue weighted by Crippen LogP contribution is 2.30. The molecule has 2 N–H and O–H groups in total. The van der Waals surface area contributed by atoms with E-state index in [1.54, 1.807) is 0 Å². The van der Waals surface area contributed by atoms with E-state index in [0.29, 0.717) is 12.1 Å². The van der Waals surface area contributed by atoms with Crippen LogP contribution in [0, 0.1) is 0 Å². The molecule has 2 aromatic carbocycles. The van der Waals surface area contributed by atoms with Crippen LogP contribution < -0.4 is 10.6 Å². The van der Waals surface area contributed by atoms with Gasteiger partial charge in [0.1, 0.15) is 0 Å².